The number of amides is 1. The van der Waals surface area contributed by atoms with Crippen LogP contribution in [-0.4, -0.2) is 48.4 Å². The molecular formula is C21H22N2O4S. The van der Waals surface area contributed by atoms with Crippen molar-refractivity contribution < 1.29 is 17.9 Å². The molecule has 3 aliphatic heterocycles. The third kappa shape index (κ3) is 2.46. The van der Waals surface area contributed by atoms with E-state index in [4.69, 9.17) is 4.74 Å². The van der Waals surface area contributed by atoms with E-state index >= 15 is 0 Å². The van der Waals surface area contributed by atoms with Crippen molar-refractivity contribution in [1.29, 1.82) is 0 Å². The lowest BCUT2D eigenvalue weighted by Gasteiger charge is -2.31. The van der Waals surface area contributed by atoms with Crippen LogP contribution >= 0.6 is 0 Å². The molecule has 28 heavy (non-hydrogen) atoms. The third-order valence-electron chi connectivity index (χ3n) is 6.15. The molecule has 0 bridgehead atoms. The van der Waals surface area contributed by atoms with E-state index < -0.39 is 21.8 Å². The van der Waals surface area contributed by atoms with Crippen LogP contribution in [0.1, 0.15) is 30.1 Å². The molecule has 2 aromatic rings. The predicted octanol–water partition coefficient (Wildman–Crippen LogP) is 2.46. The van der Waals surface area contributed by atoms with E-state index in [-0.39, 0.29) is 23.3 Å². The number of ether oxygens (including phenoxy) is 1. The number of carbonyl (C=O) groups is 1. The summed E-state index contributed by atoms with van der Waals surface area (Å²) in [5, 5.41) is 0. The summed E-state index contributed by atoms with van der Waals surface area (Å²) in [6.45, 7) is 2.69. The SMILES string of the molecule is Cc1cccc(S(=O)(=O)N2CC[C@@]34O[C@H](c5ccccc5)CN3C(=O)C[C@@H]24)c1. The minimum atomic E-state index is -3.69. The molecule has 3 atom stereocenters. The number of carbonyl (C=O) groups excluding carboxylic acids is 1. The van der Waals surface area contributed by atoms with Crippen LogP contribution in [0.3, 0.4) is 0 Å². The van der Waals surface area contributed by atoms with E-state index in [2.05, 4.69) is 0 Å². The molecule has 3 fully saturated rings. The van der Waals surface area contributed by atoms with Crippen LogP contribution in [0.25, 0.3) is 0 Å². The van der Waals surface area contributed by atoms with Crippen LogP contribution < -0.4 is 0 Å². The molecule has 0 unspecified atom stereocenters. The van der Waals surface area contributed by atoms with Gasteiger partial charge in [-0.05, 0) is 30.2 Å². The second-order valence-corrected chi connectivity index (χ2v) is 9.66. The van der Waals surface area contributed by atoms with Crippen LogP contribution in [0.2, 0.25) is 0 Å². The van der Waals surface area contributed by atoms with Crippen molar-refractivity contribution in [2.75, 3.05) is 13.1 Å². The minimum absolute atomic E-state index is 0.0347. The van der Waals surface area contributed by atoms with E-state index in [1.54, 1.807) is 23.1 Å². The van der Waals surface area contributed by atoms with Crippen LogP contribution in [0.4, 0.5) is 0 Å². The van der Waals surface area contributed by atoms with Crippen LogP contribution in [0.5, 0.6) is 0 Å². The molecule has 0 N–H and O–H groups in total. The van der Waals surface area contributed by atoms with Gasteiger partial charge in [0.2, 0.25) is 15.9 Å². The fraction of sp³-hybridized carbons (Fsp3) is 0.381. The maximum Gasteiger partial charge on any atom is 0.243 e. The average molecular weight is 398 g/mol. The second kappa shape index (κ2) is 6.14. The maximum absolute atomic E-state index is 13.3. The number of rotatable bonds is 3. The van der Waals surface area contributed by atoms with Gasteiger partial charge in [0.15, 0.2) is 5.72 Å². The van der Waals surface area contributed by atoms with Gasteiger partial charge in [0.1, 0.15) is 6.10 Å². The molecule has 0 saturated carbocycles. The number of sulfonamides is 1. The Morgan fingerprint density at radius 2 is 1.89 bits per heavy atom. The summed E-state index contributed by atoms with van der Waals surface area (Å²) in [6, 6.07) is 16.2. The highest BCUT2D eigenvalue weighted by atomic mass is 32.2. The first-order valence-corrected chi connectivity index (χ1v) is 11.0. The molecule has 5 rings (SSSR count). The molecule has 146 valence electrons. The lowest BCUT2D eigenvalue weighted by atomic mass is 10.1. The second-order valence-electron chi connectivity index (χ2n) is 7.77. The highest BCUT2D eigenvalue weighted by Gasteiger charge is 2.66. The molecule has 0 aliphatic carbocycles. The van der Waals surface area contributed by atoms with E-state index in [1.165, 1.54) is 4.31 Å². The maximum atomic E-state index is 13.3. The Hall–Kier alpha value is -2.22. The van der Waals surface area contributed by atoms with Crippen molar-refractivity contribution in [2.45, 2.75) is 42.5 Å². The lowest BCUT2D eigenvalue weighted by Crippen LogP contribution is -2.48. The van der Waals surface area contributed by atoms with Crippen molar-refractivity contribution >= 4 is 15.9 Å². The topological polar surface area (TPSA) is 66.9 Å². The monoisotopic (exact) mass is 398 g/mol. The van der Waals surface area contributed by atoms with Gasteiger partial charge in [0.05, 0.1) is 17.5 Å². The summed E-state index contributed by atoms with van der Waals surface area (Å²) in [5.41, 5.74) is 1.05. The molecule has 3 saturated heterocycles. The number of benzene rings is 2. The van der Waals surface area contributed by atoms with E-state index in [0.717, 1.165) is 11.1 Å². The minimum Gasteiger partial charge on any atom is -0.344 e. The largest absolute Gasteiger partial charge is 0.344 e. The first-order chi connectivity index (χ1) is 13.4. The Balaban J connectivity index is 1.50. The van der Waals surface area contributed by atoms with Gasteiger partial charge in [0, 0.05) is 19.4 Å². The van der Waals surface area contributed by atoms with Crippen molar-refractivity contribution in [3.05, 3.63) is 65.7 Å². The molecule has 1 amide bonds. The Bertz CT molecular complexity index is 1040. The van der Waals surface area contributed by atoms with Gasteiger partial charge >= 0.3 is 0 Å². The molecule has 3 aliphatic rings. The summed E-state index contributed by atoms with van der Waals surface area (Å²) in [4.78, 5) is 14.8. The van der Waals surface area contributed by atoms with E-state index in [1.807, 2.05) is 43.3 Å². The molecule has 0 aromatic heterocycles. The van der Waals surface area contributed by atoms with Crippen LogP contribution in [0.15, 0.2) is 59.5 Å². The van der Waals surface area contributed by atoms with Gasteiger partial charge in [0.25, 0.3) is 0 Å². The van der Waals surface area contributed by atoms with Gasteiger partial charge in [-0.2, -0.15) is 4.31 Å². The number of nitrogens with zero attached hydrogens (tertiary/aromatic N) is 2. The first-order valence-electron chi connectivity index (χ1n) is 9.53. The Morgan fingerprint density at radius 1 is 1.11 bits per heavy atom. The summed E-state index contributed by atoms with van der Waals surface area (Å²) >= 11 is 0. The van der Waals surface area contributed by atoms with Gasteiger partial charge in [-0.3, -0.25) is 4.79 Å². The highest BCUT2D eigenvalue weighted by Crippen LogP contribution is 2.51. The third-order valence-corrected chi connectivity index (χ3v) is 8.05. The molecule has 0 radical (unpaired) electrons. The zero-order chi connectivity index (χ0) is 19.5. The van der Waals surface area contributed by atoms with Crippen LogP contribution in [-0.2, 0) is 19.6 Å². The molecular weight excluding hydrogens is 376 g/mol. The summed E-state index contributed by atoms with van der Waals surface area (Å²) in [7, 11) is -3.69. The fourth-order valence-corrected chi connectivity index (χ4v) is 6.59. The number of hydrogen-bond acceptors (Lipinski definition) is 4. The van der Waals surface area contributed by atoms with Crippen molar-refractivity contribution in [3.63, 3.8) is 0 Å². The first kappa shape index (κ1) is 17.8. The zero-order valence-electron chi connectivity index (χ0n) is 15.6. The standard InChI is InChI=1S/C21H22N2O4S/c1-15-6-5-9-17(12-15)28(25,26)23-11-10-21-19(23)13-20(24)22(21)14-18(27-21)16-7-3-2-4-8-16/h2-9,12,18-19H,10-11,13-14H2,1H3/t18-,19+,21-/m0/s1. The van der Waals surface area contributed by atoms with Crippen molar-refractivity contribution in [1.82, 2.24) is 9.21 Å². The van der Waals surface area contributed by atoms with Gasteiger partial charge in [-0.1, -0.05) is 42.5 Å². The van der Waals surface area contributed by atoms with E-state index in [0.29, 0.717) is 19.5 Å². The average Bonchev–Trinajstić information content (AvgIpc) is 3.31. The van der Waals surface area contributed by atoms with Gasteiger partial charge in [-0.15, -0.1) is 0 Å². The molecule has 1 spiro atoms. The highest BCUT2D eigenvalue weighted by molar-refractivity contribution is 7.89. The molecule has 7 heteroatoms. The van der Waals surface area contributed by atoms with Crippen LogP contribution in [0, 0.1) is 6.92 Å². The molecule has 6 nitrogen and oxygen atoms in total. The summed E-state index contributed by atoms with van der Waals surface area (Å²) < 4.78 is 34.5. The van der Waals surface area contributed by atoms with E-state index in [9.17, 15) is 13.2 Å². The van der Waals surface area contributed by atoms with Crippen molar-refractivity contribution in [3.8, 4) is 0 Å². The Morgan fingerprint density at radius 3 is 2.64 bits per heavy atom. The molecule has 2 aromatic carbocycles. The quantitative estimate of drug-likeness (QED) is 0.797. The zero-order valence-corrected chi connectivity index (χ0v) is 16.4. The Labute approximate surface area is 164 Å². The lowest BCUT2D eigenvalue weighted by molar-refractivity contribution is -0.138. The fourth-order valence-electron chi connectivity index (χ4n) is 4.83. The molecule has 3 heterocycles. The van der Waals surface area contributed by atoms with Crippen molar-refractivity contribution in [2.24, 2.45) is 0 Å². The smallest absolute Gasteiger partial charge is 0.243 e. The number of hydrogen-bond donors (Lipinski definition) is 0. The number of aryl methyl sites for hydroxylation is 1. The van der Waals surface area contributed by atoms with Gasteiger partial charge < -0.3 is 9.64 Å². The Kier molecular flexibility index (Phi) is 3.91. The normalized spacial score (nSPS) is 29.9. The van der Waals surface area contributed by atoms with Gasteiger partial charge in [-0.25, -0.2) is 8.42 Å². The summed E-state index contributed by atoms with van der Waals surface area (Å²) in [6.07, 6.45) is 0.444. The summed E-state index contributed by atoms with van der Waals surface area (Å²) in [5.74, 6) is -0.0347. The predicted molar refractivity (Wildman–Crippen MR) is 103 cm³/mol.